The highest BCUT2D eigenvalue weighted by atomic mass is 32.2. The van der Waals surface area contributed by atoms with Crippen LogP contribution in [0, 0.1) is 6.92 Å². The zero-order valence-corrected chi connectivity index (χ0v) is 19.1. The van der Waals surface area contributed by atoms with Crippen LogP contribution in [-0.2, 0) is 4.79 Å². The first-order valence-electron chi connectivity index (χ1n) is 10.3. The van der Waals surface area contributed by atoms with E-state index < -0.39 is 0 Å². The maximum atomic E-state index is 12.3. The molecular weight excluding hydrogens is 434 g/mol. The van der Waals surface area contributed by atoms with Gasteiger partial charge in [0.05, 0.1) is 19.1 Å². The van der Waals surface area contributed by atoms with Gasteiger partial charge in [-0.3, -0.25) is 9.36 Å². The second-order valence-corrected chi connectivity index (χ2v) is 8.14. The van der Waals surface area contributed by atoms with Crippen LogP contribution in [0.1, 0.15) is 11.1 Å². The number of rotatable bonds is 8. The molecule has 8 heteroatoms. The molecule has 1 aromatic heterocycles. The third kappa shape index (κ3) is 5.67. The topological polar surface area (TPSA) is 81.4 Å². The number of benzene rings is 3. The molecule has 1 N–H and O–H groups in total. The average Bonchev–Trinajstić information content (AvgIpc) is 3.28. The van der Waals surface area contributed by atoms with Gasteiger partial charge in [0, 0.05) is 11.3 Å². The molecule has 3 aromatic carbocycles. The summed E-state index contributed by atoms with van der Waals surface area (Å²) in [6, 6.07) is 25.3. The Morgan fingerprint density at radius 3 is 2.45 bits per heavy atom. The van der Waals surface area contributed by atoms with Gasteiger partial charge in [0.25, 0.3) is 5.91 Å². The molecule has 0 saturated carbocycles. The third-order valence-electron chi connectivity index (χ3n) is 4.81. The van der Waals surface area contributed by atoms with Gasteiger partial charge in [-0.1, -0.05) is 59.8 Å². The summed E-state index contributed by atoms with van der Waals surface area (Å²) in [4.78, 5) is 12.3. The minimum atomic E-state index is -0.225. The summed E-state index contributed by atoms with van der Waals surface area (Å²) in [5.41, 5.74) is 6.44. The van der Waals surface area contributed by atoms with Crippen LogP contribution < -0.4 is 10.2 Å². The Morgan fingerprint density at radius 1 is 1.03 bits per heavy atom. The van der Waals surface area contributed by atoms with Gasteiger partial charge < -0.3 is 4.74 Å². The molecule has 166 valence electrons. The Kier molecular flexibility index (Phi) is 7.16. The number of aromatic nitrogens is 3. The number of ether oxygens (including phenoxy) is 1. The van der Waals surface area contributed by atoms with Gasteiger partial charge >= 0.3 is 0 Å². The summed E-state index contributed by atoms with van der Waals surface area (Å²) in [6.07, 6.45) is 1.61. The quantitative estimate of drug-likeness (QED) is 0.239. The van der Waals surface area contributed by atoms with E-state index in [9.17, 15) is 4.79 Å². The third-order valence-corrected chi connectivity index (χ3v) is 5.74. The molecule has 0 aliphatic heterocycles. The SMILES string of the molecule is COc1ccc(-c2nnc(SCC(=O)NN=Cc3ccccc3)n2-c2ccc(C)cc2)cc1. The fraction of sp³-hybridized carbons (Fsp3) is 0.120. The van der Waals surface area contributed by atoms with E-state index in [2.05, 4.69) is 20.7 Å². The summed E-state index contributed by atoms with van der Waals surface area (Å²) in [5, 5.41) is 13.4. The molecule has 0 unspecified atom stereocenters. The van der Waals surface area contributed by atoms with Gasteiger partial charge in [0.2, 0.25) is 0 Å². The lowest BCUT2D eigenvalue weighted by molar-refractivity contribution is -0.118. The van der Waals surface area contributed by atoms with Crippen LogP contribution >= 0.6 is 11.8 Å². The number of thioether (sulfide) groups is 1. The van der Waals surface area contributed by atoms with Crippen LogP contribution in [0.25, 0.3) is 17.1 Å². The average molecular weight is 458 g/mol. The number of nitrogens with one attached hydrogen (secondary N) is 1. The Balaban J connectivity index is 1.53. The van der Waals surface area contributed by atoms with Crippen molar-refractivity contribution in [3.8, 4) is 22.8 Å². The van der Waals surface area contributed by atoms with E-state index in [1.807, 2.05) is 90.4 Å². The highest BCUT2D eigenvalue weighted by molar-refractivity contribution is 7.99. The van der Waals surface area contributed by atoms with Gasteiger partial charge in [-0.15, -0.1) is 10.2 Å². The van der Waals surface area contributed by atoms with Gasteiger partial charge in [-0.25, -0.2) is 5.43 Å². The van der Waals surface area contributed by atoms with Gasteiger partial charge in [0.1, 0.15) is 5.75 Å². The smallest absolute Gasteiger partial charge is 0.250 e. The van der Waals surface area contributed by atoms with Crippen molar-refractivity contribution >= 4 is 23.9 Å². The van der Waals surface area contributed by atoms with Crippen molar-refractivity contribution in [1.82, 2.24) is 20.2 Å². The standard InChI is InChI=1S/C25H23N5O2S/c1-18-8-12-21(13-9-18)30-24(20-10-14-22(32-2)15-11-20)28-29-25(30)33-17-23(31)27-26-16-19-6-4-3-5-7-19/h3-16H,17H2,1-2H3,(H,27,31). The van der Waals surface area contributed by atoms with Crippen molar-refractivity contribution in [2.45, 2.75) is 12.1 Å². The minimum absolute atomic E-state index is 0.152. The molecule has 0 bridgehead atoms. The first-order chi connectivity index (χ1) is 16.1. The second-order valence-electron chi connectivity index (χ2n) is 7.20. The molecule has 33 heavy (non-hydrogen) atoms. The van der Waals surface area contributed by atoms with E-state index in [-0.39, 0.29) is 11.7 Å². The number of methoxy groups -OCH3 is 1. The van der Waals surface area contributed by atoms with Gasteiger partial charge in [-0.2, -0.15) is 5.10 Å². The zero-order valence-electron chi connectivity index (χ0n) is 18.3. The molecule has 0 fully saturated rings. The van der Waals surface area contributed by atoms with E-state index in [1.54, 1.807) is 13.3 Å². The molecule has 7 nitrogen and oxygen atoms in total. The van der Waals surface area contributed by atoms with Crippen LogP contribution in [0.5, 0.6) is 5.75 Å². The molecule has 1 amide bonds. The van der Waals surface area contributed by atoms with Crippen molar-refractivity contribution in [1.29, 1.82) is 0 Å². The summed E-state index contributed by atoms with van der Waals surface area (Å²) in [5.74, 6) is 1.38. The number of nitrogens with zero attached hydrogens (tertiary/aromatic N) is 4. The van der Waals surface area contributed by atoms with E-state index in [1.165, 1.54) is 11.8 Å². The van der Waals surface area contributed by atoms with Crippen molar-refractivity contribution in [3.05, 3.63) is 90.0 Å². The van der Waals surface area contributed by atoms with Crippen LogP contribution in [-0.4, -0.2) is 39.7 Å². The second kappa shape index (κ2) is 10.6. The highest BCUT2D eigenvalue weighted by Gasteiger charge is 2.17. The van der Waals surface area contributed by atoms with E-state index in [4.69, 9.17) is 4.74 Å². The van der Waals surface area contributed by atoms with Crippen LogP contribution in [0.2, 0.25) is 0 Å². The molecule has 0 aliphatic carbocycles. The lowest BCUT2D eigenvalue weighted by Gasteiger charge is -2.11. The molecule has 0 spiro atoms. The number of aryl methyl sites for hydroxylation is 1. The first kappa shape index (κ1) is 22.3. The Hall–Kier alpha value is -3.91. The van der Waals surface area contributed by atoms with Crippen molar-refractivity contribution in [3.63, 3.8) is 0 Å². The lowest BCUT2D eigenvalue weighted by Crippen LogP contribution is -2.20. The monoisotopic (exact) mass is 457 g/mol. The van der Waals surface area contributed by atoms with Crippen molar-refractivity contribution < 1.29 is 9.53 Å². The number of amides is 1. The lowest BCUT2D eigenvalue weighted by atomic mass is 10.2. The Morgan fingerprint density at radius 2 is 1.76 bits per heavy atom. The van der Waals surface area contributed by atoms with E-state index in [0.717, 1.165) is 28.1 Å². The predicted octanol–water partition coefficient (Wildman–Crippen LogP) is 4.49. The fourth-order valence-electron chi connectivity index (χ4n) is 3.10. The number of carbonyl (C=O) groups is 1. The van der Waals surface area contributed by atoms with Crippen molar-refractivity contribution in [2.75, 3.05) is 12.9 Å². The number of carbonyl (C=O) groups excluding carboxylic acids is 1. The summed E-state index contributed by atoms with van der Waals surface area (Å²) < 4.78 is 7.21. The number of hydrogen-bond acceptors (Lipinski definition) is 6. The molecule has 4 aromatic rings. The zero-order chi connectivity index (χ0) is 23.0. The molecule has 1 heterocycles. The van der Waals surface area contributed by atoms with Crippen LogP contribution in [0.4, 0.5) is 0 Å². The molecule has 0 saturated heterocycles. The van der Waals surface area contributed by atoms with Crippen molar-refractivity contribution in [2.24, 2.45) is 5.10 Å². The molecular formula is C25H23N5O2S. The largest absolute Gasteiger partial charge is 0.497 e. The number of hydrazone groups is 1. The summed E-state index contributed by atoms with van der Waals surface area (Å²) >= 11 is 1.30. The molecule has 0 atom stereocenters. The maximum Gasteiger partial charge on any atom is 0.250 e. The van der Waals surface area contributed by atoms with Gasteiger partial charge in [0.15, 0.2) is 11.0 Å². The Bertz CT molecular complexity index is 1240. The van der Waals surface area contributed by atoms with E-state index >= 15 is 0 Å². The number of hydrogen-bond donors (Lipinski definition) is 1. The Labute approximate surface area is 196 Å². The molecule has 0 radical (unpaired) electrons. The van der Waals surface area contributed by atoms with Gasteiger partial charge in [-0.05, 0) is 48.9 Å². The van der Waals surface area contributed by atoms with Crippen LogP contribution in [0.3, 0.4) is 0 Å². The summed E-state index contributed by atoms with van der Waals surface area (Å²) in [6.45, 7) is 2.04. The first-order valence-corrected chi connectivity index (χ1v) is 11.3. The summed E-state index contributed by atoms with van der Waals surface area (Å²) in [7, 11) is 1.63. The van der Waals surface area contributed by atoms with Crippen LogP contribution in [0.15, 0.2) is 89.1 Å². The normalized spacial score (nSPS) is 11.0. The minimum Gasteiger partial charge on any atom is -0.497 e. The molecule has 4 rings (SSSR count). The van der Waals surface area contributed by atoms with E-state index in [0.29, 0.717) is 11.0 Å². The highest BCUT2D eigenvalue weighted by Crippen LogP contribution is 2.29. The predicted molar refractivity (Wildman–Crippen MR) is 131 cm³/mol. The fourth-order valence-corrected chi connectivity index (χ4v) is 3.84. The maximum absolute atomic E-state index is 12.3. The molecule has 0 aliphatic rings.